The lowest BCUT2D eigenvalue weighted by Gasteiger charge is -2.19. The Kier molecular flexibility index (Phi) is 6.38. The summed E-state index contributed by atoms with van der Waals surface area (Å²) in [5.74, 6) is -2.00. The van der Waals surface area contributed by atoms with Crippen molar-refractivity contribution in [2.24, 2.45) is 0 Å². The van der Waals surface area contributed by atoms with Crippen LogP contribution < -0.4 is 9.64 Å². The maximum Gasteiger partial charge on any atom is 0.573 e. The van der Waals surface area contributed by atoms with Crippen molar-refractivity contribution in [3.8, 4) is 11.8 Å². The lowest BCUT2D eigenvalue weighted by molar-refractivity contribution is -0.274. The van der Waals surface area contributed by atoms with Crippen molar-refractivity contribution in [2.45, 2.75) is 6.36 Å². The highest BCUT2D eigenvalue weighted by Crippen LogP contribution is 2.23. The second kappa shape index (κ2) is 8.71. The number of hydrogen-bond acceptors (Lipinski definition) is 5. The van der Waals surface area contributed by atoms with Gasteiger partial charge in [-0.1, -0.05) is 18.2 Å². The zero-order chi connectivity index (χ0) is 19.9. The third-order valence-electron chi connectivity index (χ3n) is 3.25. The van der Waals surface area contributed by atoms with Gasteiger partial charge in [-0.2, -0.15) is 5.26 Å². The van der Waals surface area contributed by atoms with Gasteiger partial charge < -0.3 is 9.47 Å². The van der Waals surface area contributed by atoms with Crippen LogP contribution in [0.1, 0.15) is 10.4 Å². The van der Waals surface area contributed by atoms with Gasteiger partial charge in [-0.25, -0.2) is 4.79 Å². The fourth-order valence-electron chi connectivity index (χ4n) is 2.08. The number of carbonyl (C=O) groups is 2. The van der Waals surface area contributed by atoms with Crippen molar-refractivity contribution in [1.29, 1.82) is 5.26 Å². The second-order valence-electron chi connectivity index (χ2n) is 5.12. The maximum atomic E-state index is 12.2. The largest absolute Gasteiger partial charge is 0.573 e. The number of amides is 1. The van der Waals surface area contributed by atoms with E-state index < -0.39 is 30.6 Å². The van der Waals surface area contributed by atoms with Crippen LogP contribution >= 0.6 is 0 Å². The van der Waals surface area contributed by atoms with Crippen LogP contribution in [-0.2, 0) is 9.53 Å². The highest BCUT2D eigenvalue weighted by molar-refractivity contribution is 5.97. The number of ether oxygens (including phenoxy) is 2. The molecule has 0 spiro atoms. The number of benzene rings is 2. The minimum Gasteiger partial charge on any atom is -0.452 e. The van der Waals surface area contributed by atoms with Gasteiger partial charge in [0, 0.05) is 5.69 Å². The molecule has 0 N–H and O–H groups in total. The lowest BCUT2D eigenvalue weighted by Crippen LogP contribution is -2.35. The molecule has 6 nitrogen and oxygen atoms in total. The number of para-hydroxylation sites is 1. The molecule has 9 heteroatoms. The quantitative estimate of drug-likeness (QED) is 0.569. The van der Waals surface area contributed by atoms with Crippen LogP contribution in [-0.4, -0.2) is 31.4 Å². The molecule has 0 aliphatic heterocycles. The summed E-state index contributed by atoms with van der Waals surface area (Å²) >= 11 is 0. The molecule has 0 atom stereocenters. The van der Waals surface area contributed by atoms with Gasteiger partial charge >= 0.3 is 12.3 Å². The summed E-state index contributed by atoms with van der Waals surface area (Å²) in [6.45, 7) is -0.861. The van der Waals surface area contributed by atoms with E-state index in [0.717, 1.165) is 29.2 Å². The lowest BCUT2D eigenvalue weighted by atomic mass is 10.2. The molecule has 0 aromatic heterocycles. The fraction of sp³-hybridized carbons (Fsp3) is 0.167. The molecule has 0 radical (unpaired) electrons. The minimum atomic E-state index is -4.84. The second-order valence-corrected chi connectivity index (χ2v) is 5.12. The van der Waals surface area contributed by atoms with Crippen molar-refractivity contribution in [3.05, 3.63) is 60.2 Å². The zero-order valence-electron chi connectivity index (χ0n) is 13.8. The maximum absolute atomic E-state index is 12.2. The Hall–Kier alpha value is -3.54. The van der Waals surface area contributed by atoms with Crippen LogP contribution in [0.3, 0.4) is 0 Å². The zero-order valence-corrected chi connectivity index (χ0v) is 13.8. The average molecular weight is 378 g/mol. The number of rotatable bonds is 6. The molecule has 0 bridgehead atoms. The SMILES string of the molecule is N#CCN(C(=O)COC(=O)c1ccc(OC(F)(F)F)cc1)c1ccccc1. The van der Waals surface area contributed by atoms with Crippen molar-refractivity contribution in [3.63, 3.8) is 0 Å². The smallest absolute Gasteiger partial charge is 0.452 e. The van der Waals surface area contributed by atoms with Gasteiger partial charge in [0.2, 0.25) is 0 Å². The van der Waals surface area contributed by atoms with E-state index in [4.69, 9.17) is 10.00 Å². The number of carbonyl (C=O) groups excluding carboxylic acids is 2. The van der Waals surface area contributed by atoms with Gasteiger partial charge in [0.1, 0.15) is 12.3 Å². The van der Waals surface area contributed by atoms with E-state index in [0.29, 0.717) is 5.69 Å². The minimum absolute atomic E-state index is 0.0520. The first kappa shape index (κ1) is 19.8. The Bertz CT molecular complexity index is 830. The van der Waals surface area contributed by atoms with Crippen molar-refractivity contribution in [1.82, 2.24) is 0 Å². The van der Waals surface area contributed by atoms with Crippen molar-refractivity contribution < 1.29 is 32.2 Å². The number of nitriles is 1. The molecule has 0 unspecified atom stereocenters. The summed E-state index contributed by atoms with van der Waals surface area (Å²) in [6, 6.07) is 14.3. The van der Waals surface area contributed by atoms with E-state index in [1.54, 1.807) is 30.3 Å². The van der Waals surface area contributed by atoms with Crippen molar-refractivity contribution >= 4 is 17.6 Å². The number of halogens is 3. The number of nitrogens with zero attached hydrogens (tertiary/aromatic N) is 2. The van der Waals surface area contributed by atoms with E-state index >= 15 is 0 Å². The highest BCUT2D eigenvalue weighted by atomic mass is 19.4. The summed E-state index contributed by atoms with van der Waals surface area (Å²) in [5.41, 5.74) is 0.414. The van der Waals surface area contributed by atoms with E-state index in [-0.39, 0.29) is 12.1 Å². The molecule has 140 valence electrons. The Labute approximate surface area is 152 Å². The number of esters is 1. The Morgan fingerprint density at radius 1 is 1.04 bits per heavy atom. The molecular weight excluding hydrogens is 365 g/mol. The molecule has 2 aromatic carbocycles. The number of anilines is 1. The standard InChI is InChI=1S/C18H13F3N2O4/c19-18(20,21)27-15-8-6-13(7-9-15)17(25)26-12-16(24)23(11-10-22)14-4-2-1-3-5-14/h1-9H,11-12H2. The number of hydrogen-bond donors (Lipinski definition) is 0. The van der Waals surface area contributed by atoms with Gasteiger partial charge in [-0.15, -0.1) is 13.2 Å². The normalized spacial score (nSPS) is 10.6. The average Bonchev–Trinajstić information content (AvgIpc) is 2.64. The Morgan fingerprint density at radius 3 is 2.22 bits per heavy atom. The predicted octanol–water partition coefficient (Wildman–Crippen LogP) is 3.30. The molecule has 2 rings (SSSR count). The van der Waals surface area contributed by atoms with Crippen LogP contribution in [0.2, 0.25) is 0 Å². The molecule has 27 heavy (non-hydrogen) atoms. The first-order valence-corrected chi connectivity index (χ1v) is 7.55. The van der Waals surface area contributed by atoms with Gasteiger partial charge in [0.15, 0.2) is 6.61 Å². The van der Waals surface area contributed by atoms with Gasteiger partial charge in [-0.3, -0.25) is 9.69 Å². The third kappa shape index (κ3) is 6.04. The summed E-state index contributed by atoms with van der Waals surface area (Å²) in [7, 11) is 0. The van der Waals surface area contributed by atoms with Gasteiger partial charge in [-0.05, 0) is 36.4 Å². The first-order chi connectivity index (χ1) is 12.8. The highest BCUT2D eigenvalue weighted by Gasteiger charge is 2.31. The van der Waals surface area contributed by atoms with Crippen LogP contribution in [0.5, 0.6) is 5.75 Å². The predicted molar refractivity (Wildman–Crippen MR) is 87.8 cm³/mol. The third-order valence-corrected chi connectivity index (χ3v) is 3.25. The van der Waals surface area contributed by atoms with E-state index in [1.165, 1.54) is 0 Å². The van der Waals surface area contributed by atoms with Crippen LogP contribution in [0.25, 0.3) is 0 Å². The molecule has 0 aliphatic carbocycles. The Morgan fingerprint density at radius 2 is 1.67 bits per heavy atom. The molecule has 0 heterocycles. The molecule has 0 fully saturated rings. The van der Waals surface area contributed by atoms with Crippen molar-refractivity contribution in [2.75, 3.05) is 18.1 Å². The van der Waals surface area contributed by atoms with Crippen LogP contribution in [0.15, 0.2) is 54.6 Å². The van der Waals surface area contributed by atoms with Gasteiger partial charge in [0.05, 0.1) is 11.6 Å². The summed E-state index contributed by atoms with van der Waals surface area (Å²) < 4.78 is 44.9. The Balaban J connectivity index is 1.97. The molecule has 1 amide bonds. The molecular formula is C18H13F3N2O4. The topological polar surface area (TPSA) is 79.6 Å². The van der Waals surface area contributed by atoms with E-state index in [9.17, 15) is 22.8 Å². The van der Waals surface area contributed by atoms with Crippen LogP contribution in [0, 0.1) is 11.3 Å². The van der Waals surface area contributed by atoms with E-state index in [1.807, 2.05) is 6.07 Å². The van der Waals surface area contributed by atoms with E-state index in [2.05, 4.69) is 4.74 Å². The summed E-state index contributed by atoms with van der Waals surface area (Å²) in [6.07, 6.45) is -4.84. The molecule has 2 aromatic rings. The first-order valence-electron chi connectivity index (χ1n) is 7.55. The fourth-order valence-corrected chi connectivity index (χ4v) is 2.08. The molecule has 0 saturated carbocycles. The summed E-state index contributed by atoms with van der Waals surface area (Å²) in [4.78, 5) is 25.3. The molecule has 0 aliphatic rings. The number of alkyl halides is 3. The summed E-state index contributed by atoms with van der Waals surface area (Å²) in [5, 5.41) is 8.87. The molecule has 0 saturated heterocycles. The van der Waals surface area contributed by atoms with Gasteiger partial charge in [0.25, 0.3) is 5.91 Å². The van der Waals surface area contributed by atoms with Crippen LogP contribution in [0.4, 0.5) is 18.9 Å². The monoisotopic (exact) mass is 378 g/mol.